The van der Waals surface area contributed by atoms with Gasteiger partial charge in [0.2, 0.25) is 0 Å². The molecular formula is C12H19NO2S. The predicted octanol–water partition coefficient (Wildman–Crippen LogP) is 2.90. The third-order valence-electron chi connectivity index (χ3n) is 2.90. The third kappa shape index (κ3) is 3.32. The van der Waals surface area contributed by atoms with Crippen LogP contribution in [-0.2, 0) is 4.79 Å². The summed E-state index contributed by atoms with van der Waals surface area (Å²) < 4.78 is 0. The fraction of sp³-hybridized carbons (Fsp3) is 0.583. The summed E-state index contributed by atoms with van der Waals surface area (Å²) in [4.78, 5) is 12.1. The SMILES string of the molecule is CCC(NC(C)C(C)C(=O)O)c1cccs1. The Bertz CT molecular complexity index is 324. The van der Waals surface area contributed by atoms with E-state index in [2.05, 4.69) is 18.3 Å². The first-order chi connectivity index (χ1) is 7.56. The number of nitrogens with one attached hydrogen (secondary N) is 1. The first-order valence-corrected chi connectivity index (χ1v) is 6.46. The van der Waals surface area contributed by atoms with Crippen molar-refractivity contribution < 1.29 is 9.90 Å². The summed E-state index contributed by atoms with van der Waals surface area (Å²) in [7, 11) is 0. The molecule has 3 atom stereocenters. The van der Waals surface area contributed by atoms with E-state index in [0.29, 0.717) is 0 Å². The Morgan fingerprint density at radius 1 is 1.56 bits per heavy atom. The van der Waals surface area contributed by atoms with E-state index in [1.807, 2.05) is 18.4 Å². The molecule has 4 heteroatoms. The van der Waals surface area contributed by atoms with Gasteiger partial charge in [-0.15, -0.1) is 11.3 Å². The van der Waals surface area contributed by atoms with Crippen LogP contribution < -0.4 is 5.32 Å². The monoisotopic (exact) mass is 241 g/mol. The molecule has 1 rings (SSSR count). The molecule has 0 bridgehead atoms. The maximum absolute atomic E-state index is 10.9. The molecule has 90 valence electrons. The molecule has 3 nitrogen and oxygen atoms in total. The van der Waals surface area contributed by atoms with Crippen molar-refractivity contribution in [2.45, 2.75) is 39.3 Å². The van der Waals surface area contributed by atoms with Crippen molar-refractivity contribution in [2.24, 2.45) is 5.92 Å². The van der Waals surface area contributed by atoms with Crippen LogP contribution >= 0.6 is 11.3 Å². The number of rotatable bonds is 6. The number of carbonyl (C=O) groups is 1. The van der Waals surface area contributed by atoms with E-state index in [-0.39, 0.29) is 18.0 Å². The molecule has 0 aliphatic heterocycles. The van der Waals surface area contributed by atoms with Gasteiger partial charge in [-0.1, -0.05) is 19.9 Å². The van der Waals surface area contributed by atoms with Gasteiger partial charge < -0.3 is 10.4 Å². The molecule has 0 aliphatic carbocycles. The van der Waals surface area contributed by atoms with Crippen molar-refractivity contribution in [3.05, 3.63) is 22.4 Å². The van der Waals surface area contributed by atoms with Gasteiger partial charge in [-0.2, -0.15) is 0 Å². The molecule has 0 spiro atoms. The van der Waals surface area contributed by atoms with Crippen molar-refractivity contribution in [3.8, 4) is 0 Å². The summed E-state index contributed by atoms with van der Waals surface area (Å²) in [6.07, 6.45) is 0.969. The Balaban J connectivity index is 2.60. The van der Waals surface area contributed by atoms with E-state index >= 15 is 0 Å². The Hall–Kier alpha value is -0.870. The van der Waals surface area contributed by atoms with Crippen LogP contribution in [0.4, 0.5) is 0 Å². The largest absolute Gasteiger partial charge is 0.481 e. The zero-order valence-corrected chi connectivity index (χ0v) is 10.8. The molecule has 3 unspecified atom stereocenters. The van der Waals surface area contributed by atoms with Crippen LogP contribution in [0.1, 0.15) is 38.1 Å². The summed E-state index contributed by atoms with van der Waals surface area (Å²) in [5.74, 6) is -1.12. The Morgan fingerprint density at radius 3 is 2.69 bits per heavy atom. The summed E-state index contributed by atoms with van der Waals surface area (Å²) in [5, 5.41) is 14.4. The molecule has 1 heterocycles. The summed E-state index contributed by atoms with van der Waals surface area (Å²) in [6.45, 7) is 5.77. The van der Waals surface area contributed by atoms with Crippen molar-refractivity contribution >= 4 is 17.3 Å². The Morgan fingerprint density at radius 2 is 2.25 bits per heavy atom. The molecule has 0 fully saturated rings. The second-order valence-electron chi connectivity index (χ2n) is 4.06. The first kappa shape index (κ1) is 13.2. The van der Waals surface area contributed by atoms with Crippen molar-refractivity contribution in [2.75, 3.05) is 0 Å². The van der Waals surface area contributed by atoms with Gasteiger partial charge in [0.15, 0.2) is 0 Å². The molecule has 2 N–H and O–H groups in total. The van der Waals surface area contributed by atoms with E-state index in [9.17, 15) is 4.79 Å². The maximum atomic E-state index is 10.9. The fourth-order valence-electron chi connectivity index (χ4n) is 1.57. The standard InChI is InChI=1S/C12H19NO2S/c1-4-10(11-6-5-7-16-11)13-9(3)8(2)12(14)15/h5-10,13H,4H2,1-3H3,(H,14,15). The van der Waals surface area contributed by atoms with Gasteiger partial charge in [-0.3, -0.25) is 4.79 Å². The number of thiophene rings is 1. The molecular weight excluding hydrogens is 222 g/mol. The molecule has 0 saturated heterocycles. The normalized spacial score (nSPS) is 16.7. The molecule has 1 aromatic rings. The van der Waals surface area contributed by atoms with Gasteiger partial charge in [0.25, 0.3) is 0 Å². The Kier molecular flexibility index (Phi) is 4.96. The highest BCUT2D eigenvalue weighted by atomic mass is 32.1. The number of carboxylic acid groups (broad SMARTS) is 1. The van der Waals surface area contributed by atoms with Crippen LogP contribution in [0.5, 0.6) is 0 Å². The van der Waals surface area contributed by atoms with Crippen LogP contribution in [-0.4, -0.2) is 17.1 Å². The van der Waals surface area contributed by atoms with E-state index in [1.54, 1.807) is 18.3 Å². The average molecular weight is 241 g/mol. The Labute approximate surface area is 100 Å². The fourth-order valence-corrected chi connectivity index (χ4v) is 2.44. The minimum atomic E-state index is -0.749. The zero-order valence-electron chi connectivity index (χ0n) is 9.93. The predicted molar refractivity (Wildman–Crippen MR) is 66.7 cm³/mol. The smallest absolute Gasteiger partial charge is 0.307 e. The van der Waals surface area contributed by atoms with Gasteiger partial charge in [-0.25, -0.2) is 0 Å². The van der Waals surface area contributed by atoms with Crippen LogP contribution in [0.25, 0.3) is 0 Å². The lowest BCUT2D eigenvalue weighted by Crippen LogP contribution is -2.38. The topological polar surface area (TPSA) is 49.3 Å². The van der Waals surface area contributed by atoms with Crippen LogP contribution in [0.2, 0.25) is 0 Å². The molecule has 0 radical (unpaired) electrons. The molecule has 0 aromatic carbocycles. The maximum Gasteiger partial charge on any atom is 0.307 e. The van der Waals surface area contributed by atoms with Crippen LogP contribution in [0, 0.1) is 5.92 Å². The molecule has 0 aliphatic rings. The van der Waals surface area contributed by atoms with Gasteiger partial charge in [0.05, 0.1) is 5.92 Å². The lowest BCUT2D eigenvalue weighted by atomic mass is 10.0. The highest BCUT2D eigenvalue weighted by Crippen LogP contribution is 2.23. The minimum Gasteiger partial charge on any atom is -0.481 e. The zero-order chi connectivity index (χ0) is 12.1. The van der Waals surface area contributed by atoms with E-state index in [0.717, 1.165) is 6.42 Å². The summed E-state index contributed by atoms with van der Waals surface area (Å²) in [6, 6.07) is 4.35. The van der Waals surface area contributed by atoms with E-state index in [4.69, 9.17) is 5.11 Å². The van der Waals surface area contributed by atoms with Gasteiger partial charge in [0, 0.05) is 17.0 Å². The lowest BCUT2D eigenvalue weighted by Gasteiger charge is -2.24. The highest BCUT2D eigenvalue weighted by molar-refractivity contribution is 7.10. The van der Waals surface area contributed by atoms with E-state index < -0.39 is 5.97 Å². The van der Waals surface area contributed by atoms with Gasteiger partial charge >= 0.3 is 5.97 Å². The van der Waals surface area contributed by atoms with E-state index in [1.165, 1.54) is 4.88 Å². The second kappa shape index (κ2) is 6.01. The lowest BCUT2D eigenvalue weighted by molar-refractivity contribution is -0.142. The van der Waals surface area contributed by atoms with Crippen molar-refractivity contribution in [1.29, 1.82) is 0 Å². The average Bonchev–Trinajstić information content (AvgIpc) is 2.77. The first-order valence-electron chi connectivity index (χ1n) is 5.58. The van der Waals surface area contributed by atoms with Crippen molar-refractivity contribution in [3.63, 3.8) is 0 Å². The van der Waals surface area contributed by atoms with Crippen LogP contribution in [0.15, 0.2) is 17.5 Å². The second-order valence-corrected chi connectivity index (χ2v) is 5.04. The van der Waals surface area contributed by atoms with Crippen LogP contribution in [0.3, 0.4) is 0 Å². The highest BCUT2D eigenvalue weighted by Gasteiger charge is 2.22. The minimum absolute atomic E-state index is 0.0236. The quantitative estimate of drug-likeness (QED) is 0.805. The molecule has 0 amide bonds. The summed E-state index contributed by atoms with van der Waals surface area (Å²) in [5.41, 5.74) is 0. The van der Waals surface area contributed by atoms with Gasteiger partial charge in [0.1, 0.15) is 0 Å². The number of hydrogen-bond donors (Lipinski definition) is 2. The number of carboxylic acids is 1. The molecule has 16 heavy (non-hydrogen) atoms. The molecule has 1 aromatic heterocycles. The van der Waals surface area contributed by atoms with Gasteiger partial charge in [-0.05, 0) is 24.8 Å². The number of hydrogen-bond acceptors (Lipinski definition) is 3. The number of aliphatic carboxylic acids is 1. The molecule has 0 saturated carbocycles. The summed E-state index contributed by atoms with van der Waals surface area (Å²) >= 11 is 1.71. The van der Waals surface area contributed by atoms with Crippen molar-refractivity contribution in [1.82, 2.24) is 5.32 Å². The third-order valence-corrected chi connectivity index (χ3v) is 3.88.